The Bertz CT molecular complexity index is 1160. The van der Waals surface area contributed by atoms with Gasteiger partial charge in [-0.2, -0.15) is 0 Å². The maximum atomic E-state index is 12.9. The predicted molar refractivity (Wildman–Crippen MR) is 116 cm³/mol. The van der Waals surface area contributed by atoms with Gasteiger partial charge in [-0.3, -0.25) is 19.8 Å². The first-order chi connectivity index (χ1) is 14.9. The van der Waals surface area contributed by atoms with Gasteiger partial charge in [-0.05, 0) is 43.2 Å². The second kappa shape index (κ2) is 8.00. The van der Waals surface area contributed by atoms with Crippen molar-refractivity contribution in [2.45, 2.75) is 25.4 Å². The number of nitrogens with zero attached hydrogens (tertiary/aromatic N) is 2. The van der Waals surface area contributed by atoms with Gasteiger partial charge < -0.3 is 9.64 Å². The van der Waals surface area contributed by atoms with E-state index in [4.69, 9.17) is 9.94 Å². The summed E-state index contributed by atoms with van der Waals surface area (Å²) in [6.07, 6.45) is 0.341. The quantitative estimate of drug-likeness (QED) is 0.473. The third kappa shape index (κ3) is 3.72. The average molecular weight is 419 g/mol. The normalized spacial score (nSPS) is 19.7. The maximum absolute atomic E-state index is 12.9. The standard InChI is InChI=1S/C24H25N3O4/c1-15-11-16(19-9-4-5-10-21(19)25-15)14-31-18-8-6-7-17(12-18)24(23(29)27(2)3)13-20(24)22(28)26-30/h4-12,20,30H,13-14H2,1-3H3,(H,26,28). The summed E-state index contributed by atoms with van der Waals surface area (Å²) in [5.41, 5.74) is 4.25. The second-order valence-corrected chi connectivity index (χ2v) is 8.16. The van der Waals surface area contributed by atoms with Crippen LogP contribution < -0.4 is 10.2 Å². The molecule has 3 aromatic rings. The van der Waals surface area contributed by atoms with Gasteiger partial charge in [-0.25, -0.2) is 5.48 Å². The average Bonchev–Trinajstić information content (AvgIpc) is 3.53. The number of fused-ring (bicyclic) bond motifs is 1. The zero-order chi connectivity index (χ0) is 22.2. The number of carbonyl (C=O) groups is 2. The number of hydrogen-bond donors (Lipinski definition) is 2. The lowest BCUT2D eigenvalue weighted by atomic mass is 9.91. The minimum atomic E-state index is -0.990. The summed E-state index contributed by atoms with van der Waals surface area (Å²) in [6.45, 7) is 2.30. The largest absolute Gasteiger partial charge is 0.489 e. The molecular formula is C24H25N3O4. The van der Waals surface area contributed by atoms with E-state index in [1.165, 1.54) is 4.90 Å². The van der Waals surface area contributed by atoms with E-state index in [2.05, 4.69) is 4.98 Å². The fraction of sp³-hybridized carbons (Fsp3) is 0.292. The van der Waals surface area contributed by atoms with E-state index in [0.717, 1.165) is 22.2 Å². The van der Waals surface area contributed by atoms with Crippen molar-refractivity contribution in [2.24, 2.45) is 5.92 Å². The van der Waals surface area contributed by atoms with Crippen LogP contribution in [0.1, 0.15) is 23.2 Å². The highest BCUT2D eigenvalue weighted by molar-refractivity contribution is 6.00. The highest BCUT2D eigenvalue weighted by Gasteiger charge is 2.65. The van der Waals surface area contributed by atoms with Crippen molar-refractivity contribution in [3.8, 4) is 5.75 Å². The summed E-state index contributed by atoms with van der Waals surface area (Å²) in [5, 5.41) is 10.1. The molecule has 2 atom stereocenters. The zero-order valence-electron chi connectivity index (χ0n) is 17.8. The van der Waals surface area contributed by atoms with E-state index >= 15 is 0 Å². The summed E-state index contributed by atoms with van der Waals surface area (Å²) in [4.78, 5) is 31.1. The minimum Gasteiger partial charge on any atom is -0.489 e. The summed E-state index contributed by atoms with van der Waals surface area (Å²) in [7, 11) is 3.32. The lowest BCUT2D eigenvalue weighted by Crippen LogP contribution is -2.38. The number of aryl methyl sites for hydroxylation is 1. The van der Waals surface area contributed by atoms with Gasteiger partial charge in [0.05, 0.1) is 16.8 Å². The summed E-state index contributed by atoms with van der Waals surface area (Å²) in [5.74, 6) is -0.735. The van der Waals surface area contributed by atoms with Crippen molar-refractivity contribution in [1.29, 1.82) is 0 Å². The summed E-state index contributed by atoms with van der Waals surface area (Å²) >= 11 is 0. The second-order valence-electron chi connectivity index (χ2n) is 8.16. The smallest absolute Gasteiger partial charge is 0.247 e. The molecule has 0 aliphatic heterocycles. The van der Waals surface area contributed by atoms with Gasteiger partial charge in [-0.15, -0.1) is 0 Å². The van der Waals surface area contributed by atoms with Crippen LogP contribution in [0.15, 0.2) is 54.6 Å². The Morgan fingerprint density at radius 2 is 1.97 bits per heavy atom. The Morgan fingerprint density at radius 1 is 1.19 bits per heavy atom. The van der Waals surface area contributed by atoms with Crippen molar-refractivity contribution >= 4 is 22.7 Å². The topological polar surface area (TPSA) is 91.8 Å². The van der Waals surface area contributed by atoms with Crippen molar-refractivity contribution in [3.63, 3.8) is 0 Å². The number of likely N-dealkylation sites (N-methyl/N-ethyl adjacent to an activating group) is 1. The van der Waals surface area contributed by atoms with E-state index in [9.17, 15) is 9.59 Å². The van der Waals surface area contributed by atoms with Crippen molar-refractivity contribution < 1.29 is 19.5 Å². The molecule has 1 fully saturated rings. The van der Waals surface area contributed by atoms with Crippen LogP contribution in [0.3, 0.4) is 0 Å². The first kappa shape index (κ1) is 20.8. The lowest BCUT2D eigenvalue weighted by Gasteiger charge is -2.22. The van der Waals surface area contributed by atoms with E-state index < -0.39 is 17.2 Å². The molecule has 2 N–H and O–H groups in total. The van der Waals surface area contributed by atoms with E-state index in [0.29, 0.717) is 24.3 Å². The number of para-hydroxylation sites is 1. The number of benzene rings is 2. The molecule has 160 valence electrons. The zero-order valence-corrected chi connectivity index (χ0v) is 17.8. The molecule has 0 saturated heterocycles. The highest BCUT2D eigenvalue weighted by Crippen LogP contribution is 2.55. The molecule has 0 spiro atoms. The van der Waals surface area contributed by atoms with Crippen LogP contribution in [-0.2, 0) is 21.6 Å². The predicted octanol–water partition coefficient (Wildman–Crippen LogP) is 2.97. The Hall–Kier alpha value is -3.45. The number of nitrogens with one attached hydrogen (secondary N) is 1. The number of rotatable bonds is 6. The molecule has 1 heterocycles. The van der Waals surface area contributed by atoms with E-state index in [1.807, 2.05) is 61.5 Å². The summed E-state index contributed by atoms with van der Waals surface area (Å²) in [6, 6.07) is 17.2. The molecule has 2 amide bonds. The fourth-order valence-electron chi connectivity index (χ4n) is 4.27. The molecule has 1 aliphatic rings. The van der Waals surface area contributed by atoms with Gasteiger partial charge in [-0.1, -0.05) is 30.3 Å². The van der Waals surface area contributed by atoms with Crippen LogP contribution in [0.2, 0.25) is 0 Å². The molecule has 7 heteroatoms. The van der Waals surface area contributed by atoms with Gasteiger partial charge in [0, 0.05) is 30.7 Å². The molecule has 31 heavy (non-hydrogen) atoms. The Kier molecular flexibility index (Phi) is 5.37. The SMILES string of the molecule is Cc1cc(COc2cccc(C3(C(=O)N(C)C)CC3C(=O)NO)c2)c2ccccc2n1. The van der Waals surface area contributed by atoms with Crippen LogP contribution in [0.4, 0.5) is 0 Å². The van der Waals surface area contributed by atoms with Crippen LogP contribution in [0.25, 0.3) is 10.9 Å². The molecule has 0 radical (unpaired) electrons. The Balaban J connectivity index is 1.62. The van der Waals surface area contributed by atoms with E-state index in [-0.39, 0.29) is 5.91 Å². The number of carbonyl (C=O) groups excluding carboxylic acids is 2. The Morgan fingerprint density at radius 3 is 2.71 bits per heavy atom. The van der Waals surface area contributed by atoms with Crippen LogP contribution in [0, 0.1) is 12.8 Å². The minimum absolute atomic E-state index is 0.172. The van der Waals surface area contributed by atoms with Crippen molar-refractivity contribution in [2.75, 3.05) is 14.1 Å². The molecule has 2 aromatic carbocycles. The third-order valence-electron chi connectivity index (χ3n) is 5.85. The third-order valence-corrected chi connectivity index (χ3v) is 5.85. The Labute approximate surface area is 180 Å². The number of pyridine rings is 1. The molecule has 1 aliphatic carbocycles. The molecule has 1 saturated carbocycles. The molecule has 0 bridgehead atoms. The first-order valence-electron chi connectivity index (χ1n) is 10.1. The van der Waals surface area contributed by atoms with Gasteiger partial charge >= 0.3 is 0 Å². The van der Waals surface area contributed by atoms with Crippen LogP contribution in [0.5, 0.6) is 5.75 Å². The fourth-order valence-corrected chi connectivity index (χ4v) is 4.27. The molecule has 7 nitrogen and oxygen atoms in total. The molecule has 1 aromatic heterocycles. The number of amides is 2. The van der Waals surface area contributed by atoms with Crippen LogP contribution >= 0.6 is 0 Å². The highest BCUT2D eigenvalue weighted by atomic mass is 16.5. The first-order valence-corrected chi connectivity index (χ1v) is 10.1. The number of aromatic nitrogens is 1. The monoisotopic (exact) mass is 419 g/mol. The number of hydrogen-bond acceptors (Lipinski definition) is 5. The molecule has 4 rings (SSSR count). The number of hydroxylamine groups is 1. The van der Waals surface area contributed by atoms with E-state index in [1.54, 1.807) is 19.6 Å². The maximum Gasteiger partial charge on any atom is 0.247 e. The molecular weight excluding hydrogens is 394 g/mol. The van der Waals surface area contributed by atoms with Gasteiger partial charge in [0.1, 0.15) is 12.4 Å². The van der Waals surface area contributed by atoms with Crippen molar-refractivity contribution in [1.82, 2.24) is 15.4 Å². The molecule has 2 unspecified atom stereocenters. The van der Waals surface area contributed by atoms with Gasteiger partial charge in [0.25, 0.3) is 0 Å². The number of ether oxygens (including phenoxy) is 1. The van der Waals surface area contributed by atoms with Gasteiger partial charge in [0.15, 0.2) is 0 Å². The van der Waals surface area contributed by atoms with Crippen molar-refractivity contribution in [3.05, 3.63) is 71.4 Å². The van der Waals surface area contributed by atoms with Crippen LogP contribution in [-0.4, -0.2) is 41.0 Å². The van der Waals surface area contributed by atoms with Gasteiger partial charge in [0.2, 0.25) is 11.8 Å². The lowest BCUT2D eigenvalue weighted by molar-refractivity contribution is -0.136. The summed E-state index contributed by atoms with van der Waals surface area (Å²) < 4.78 is 6.08.